The minimum absolute atomic E-state index is 0.204. The van der Waals surface area contributed by atoms with Gasteiger partial charge >= 0.3 is 0 Å². The van der Waals surface area contributed by atoms with E-state index in [9.17, 15) is 9.59 Å². The normalized spacial score (nSPS) is 11.4. The minimum Gasteiger partial charge on any atom is -0.457 e. The molecule has 120 valence electrons. The van der Waals surface area contributed by atoms with Crippen molar-refractivity contribution in [3.05, 3.63) is 60.2 Å². The van der Waals surface area contributed by atoms with Crippen LogP contribution in [0.2, 0.25) is 0 Å². The number of para-hydroxylation sites is 1. The molecule has 0 aliphatic carbocycles. The van der Waals surface area contributed by atoms with E-state index in [-0.39, 0.29) is 11.8 Å². The minimum atomic E-state index is -0.581. The molecule has 2 amide bonds. The Morgan fingerprint density at radius 2 is 1.61 bits per heavy atom. The Hall–Kier alpha value is -2.82. The summed E-state index contributed by atoms with van der Waals surface area (Å²) in [6.45, 7) is 4.01. The molecule has 0 saturated heterocycles. The molecule has 5 nitrogen and oxygen atoms in total. The largest absolute Gasteiger partial charge is 0.457 e. The molecule has 2 aromatic rings. The Balaban J connectivity index is 1.96. The Bertz CT molecular complexity index is 654. The third-order valence-electron chi connectivity index (χ3n) is 3.19. The summed E-state index contributed by atoms with van der Waals surface area (Å²) >= 11 is 0. The SMILES string of the molecule is CCNC(=O)[C@@H](C)NC(=O)c1ccc(Oc2ccccc2)cc1. The molecule has 1 atom stereocenters. The monoisotopic (exact) mass is 312 g/mol. The first-order chi connectivity index (χ1) is 11.1. The molecule has 0 aliphatic heterocycles. The average molecular weight is 312 g/mol. The van der Waals surface area contributed by atoms with E-state index in [4.69, 9.17) is 4.74 Å². The number of benzene rings is 2. The first-order valence-electron chi connectivity index (χ1n) is 7.51. The second-order valence-corrected chi connectivity index (χ2v) is 5.03. The average Bonchev–Trinajstić information content (AvgIpc) is 2.56. The van der Waals surface area contributed by atoms with E-state index in [1.54, 1.807) is 31.2 Å². The van der Waals surface area contributed by atoms with Gasteiger partial charge in [0.2, 0.25) is 5.91 Å². The van der Waals surface area contributed by atoms with Gasteiger partial charge in [-0.05, 0) is 50.2 Å². The van der Waals surface area contributed by atoms with Crippen LogP contribution in [0.3, 0.4) is 0 Å². The number of ether oxygens (including phenoxy) is 1. The summed E-state index contributed by atoms with van der Waals surface area (Å²) in [7, 11) is 0. The molecule has 0 aromatic heterocycles. The van der Waals surface area contributed by atoms with Gasteiger partial charge in [0.1, 0.15) is 17.5 Å². The van der Waals surface area contributed by atoms with Crippen LogP contribution in [0.4, 0.5) is 0 Å². The van der Waals surface area contributed by atoms with Gasteiger partial charge in [0.25, 0.3) is 5.91 Å². The molecule has 5 heteroatoms. The van der Waals surface area contributed by atoms with Gasteiger partial charge in [0.05, 0.1) is 0 Å². The van der Waals surface area contributed by atoms with Crippen molar-refractivity contribution < 1.29 is 14.3 Å². The molecular formula is C18H20N2O3. The maximum Gasteiger partial charge on any atom is 0.251 e. The van der Waals surface area contributed by atoms with E-state index >= 15 is 0 Å². The van der Waals surface area contributed by atoms with Crippen LogP contribution in [-0.2, 0) is 4.79 Å². The predicted molar refractivity (Wildman–Crippen MR) is 88.6 cm³/mol. The molecule has 0 heterocycles. The van der Waals surface area contributed by atoms with Gasteiger partial charge in [-0.25, -0.2) is 0 Å². The highest BCUT2D eigenvalue weighted by molar-refractivity contribution is 5.97. The smallest absolute Gasteiger partial charge is 0.251 e. The molecule has 0 radical (unpaired) electrons. The van der Waals surface area contributed by atoms with Gasteiger partial charge in [-0.15, -0.1) is 0 Å². The lowest BCUT2D eigenvalue weighted by molar-refractivity contribution is -0.122. The summed E-state index contributed by atoms with van der Waals surface area (Å²) in [6, 6.07) is 15.6. The molecule has 2 aromatic carbocycles. The molecule has 0 fully saturated rings. The van der Waals surface area contributed by atoms with E-state index in [0.29, 0.717) is 17.9 Å². The maximum absolute atomic E-state index is 12.1. The second kappa shape index (κ2) is 7.98. The third kappa shape index (κ3) is 4.85. The van der Waals surface area contributed by atoms with Crippen molar-refractivity contribution in [2.24, 2.45) is 0 Å². The first kappa shape index (κ1) is 16.5. The lowest BCUT2D eigenvalue weighted by Crippen LogP contribution is -2.44. The Labute approximate surface area is 135 Å². The first-order valence-corrected chi connectivity index (χ1v) is 7.51. The number of amides is 2. The van der Waals surface area contributed by atoms with E-state index in [0.717, 1.165) is 5.75 Å². The zero-order valence-electron chi connectivity index (χ0n) is 13.2. The number of hydrogen-bond acceptors (Lipinski definition) is 3. The van der Waals surface area contributed by atoms with Gasteiger partial charge in [0.15, 0.2) is 0 Å². The summed E-state index contributed by atoms with van der Waals surface area (Å²) in [5, 5.41) is 5.32. The number of rotatable bonds is 6. The molecule has 2 rings (SSSR count). The zero-order valence-corrected chi connectivity index (χ0v) is 13.2. The number of hydrogen-bond donors (Lipinski definition) is 2. The molecule has 0 spiro atoms. The maximum atomic E-state index is 12.1. The molecule has 0 saturated carbocycles. The number of likely N-dealkylation sites (N-methyl/N-ethyl adjacent to an activating group) is 1. The van der Waals surface area contributed by atoms with Crippen molar-refractivity contribution in [2.75, 3.05) is 6.54 Å². The summed E-state index contributed by atoms with van der Waals surface area (Å²) in [5.41, 5.74) is 0.474. The summed E-state index contributed by atoms with van der Waals surface area (Å²) in [5.74, 6) is 0.874. The number of nitrogens with one attached hydrogen (secondary N) is 2. The van der Waals surface area contributed by atoms with Crippen LogP contribution >= 0.6 is 0 Å². The van der Waals surface area contributed by atoms with Gasteiger partial charge < -0.3 is 15.4 Å². The quantitative estimate of drug-likeness (QED) is 0.862. The summed E-state index contributed by atoms with van der Waals surface area (Å²) in [6.07, 6.45) is 0. The van der Waals surface area contributed by atoms with Gasteiger partial charge in [0, 0.05) is 12.1 Å². The van der Waals surface area contributed by atoms with Crippen molar-refractivity contribution >= 4 is 11.8 Å². The zero-order chi connectivity index (χ0) is 16.7. The summed E-state index contributed by atoms with van der Waals surface area (Å²) < 4.78 is 5.67. The van der Waals surface area contributed by atoms with Crippen LogP contribution < -0.4 is 15.4 Å². The Morgan fingerprint density at radius 3 is 2.22 bits per heavy atom. The fourth-order valence-electron chi connectivity index (χ4n) is 1.97. The molecule has 2 N–H and O–H groups in total. The second-order valence-electron chi connectivity index (χ2n) is 5.03. The standard InChI is InChI=1S/C18H20N2O3/c1-3-19-17(21)13(2)20-18(22)14-9-11-16(12-10-14)23-15-7-5-4-6-8-15/h4-13H,3H2,1-2H3,(H,19,21)(H,20,22)/t13-/m1/s1. The number of carbonyl (C=O) groups excluding carboxylic acids is 2. The van der Waals surface area contributed by atoms with Crippen LogP contribution in [0.5, 0.6) is 11.5 Å². The van der Waals surface area contributed by atoms with E-state index < -0.39 is 6.04 Å². The molecular weight excluding hydrogens is 292 g/mol. The van der Waals surface area contributed by atoms with Gasteiger partial charge in [-0.1, -0.05) is 18.2 Å². The topological polar surface area (TPSA) is 67.4 Å². The highest BCUT2D eigenvalue weighted by Crippen LogP contribution is 2.21. The number of carbonyl (C=O) groups is 2. The van der Waals surface area contributed by atoms with Gasteiger partial charge in [-0.3, -0.25) is 9.59 Å². The van der Waals surface area contributed by atoms with E-state index in [1.165, 1.54) is 0 Å². The molecule has 0 aliphatic rings. The van der Waals surface area contributed by atoms with Crippen molar-refractivity contribution in [3.63, 3.8) is 0 Å². The van der Waals surface area contributed by atoms with Crippen molar-refractivity contribution in [3.8, 4) is 11.5 Å². The Kier molecular flexibility index (Phi) is 5.74. The van der Waals surface area contributed by atoms with Crippen LogP contribution in [-0.4, -0.2) is 24.4 Å². The lowest BCUT2D eigenvalue weighted by Gasteiger charge is -2.13. The highest BCUT2D eigenvalue weighted by Gasteiger charge is 2.15. The van der Waals surface area contributed by atoms with E-state index in [1.807, 2.05) is 37.3 Å². The fourth-order valence-corrected chi connectivity index (χ4v) is 1.97. The molecule has 23 heavy (non-hydrogen) atoms. The highest BCUT2D eigenvalue weighted by atomic mass is 16.5. The van der Waals surface area contributed by atoms with Crippen molar-refractivity contribution in [1.29, 1.82) is 0 Å². The van der Waals surface area contributed by atoms with Crippen LogP contribution in [0, 0.1) is 0 Å². The predicted octanol–water partition coefficient (Wildman–Crippen LogP) is 2.73. The van der Waals surface area contributed by atoms with Crippen molar-refractivity contribution in [1.82, 2.24) is 10.6 Å². The van der Waals surface area contributed by atoms with Crippen LogP contribution in [0.1, 0.15) is 24.2 Å². The van der Waals surface area contributed by atoms with Crippen LogP contribution in [0.25, 0.3) is 0 Å². The summed E-state index contributed by atoms with van der Waals surface area (Å²) in [4.78, 5) is 23.7. The van der Waals surface area contributed by atoms with Gasteiger partial charge in [-0.2, -0.15) is 0 Å². The van der Waals surface area contributed by atoms with Crippen LogP contribution in [0.15, 0.2) is 54.6 Å². The molecule has 0 unspecified atom stereocenters. The lowest BCUT2D eigenvalue weighted by atomic mass is 10.2. The third-order valence-corrected chi connectivity index (χ3v) is 3.19. The molecule has 0 bridgehead atoms. The Morgan fingerprint density at radius 1 is 1.00 bits per heavy atom. The van der Waals surface area contributed by atoms with E-state index in [2.05, 4.69) is 10.6 Å². The fraction of sp³-hybridized carbons (Fsp3) is 0.222. The van der Waals surface area contributed by atoms with Crippen molar-refractivity contribution in [2.45, 2.75) is 19.9 Å².